The molecular formula is C38H57F2N5O5. The first-order chi connectivity index (χ1) is 23.4. The van der Waals surface area contributed by atoms with Gasteiger partial charge in [-0.2, -0.15) is 0 Å². The fourth-order valence-corrected chi connectivity index (χ4v) is 5.97. The first kappa shape index (κ1) is 42.1. The molecule has 0 aliphatic heterocycles. The highest BCUT2D eigenvalue weighted by atomic mass is 19.1. The molecule has 4 amide bonds. The summed E-state index contributed by atoms with van der Waals surface area (Å²) in [6, 6.07) is 8.50. The van der Waals surface area contributed by atoms with Gasteiger partial charge in [0, 0.05) is 30.5 Å². The minimum absolute atomic E-state index is 0.0906. The maximum Gasteiger partial charge on any atom is 0.243 e. The Balaban J connectivity index is 2.41. The van der Waals surface area contributed by atoms with Crippen molar-refractivity contribution in [2.75, 3.05) is 6.61 Å². The number of halogens is 2. The number of amides is 4. The second-order valence-electron chi connectivity index (χ2n) is 14.7. The summed E-state index contributed by atoms with van der Waals surface area (Å²) in [7, 11) is 0. The third kappa shape index (κ3) is 13.3. The molecule has 0 fully saturated rings. The van der Waals surface area contributed by atoms with E-state index in [0.717, 1.165) is 11.6 Å². The Morgan fingerprint density at radius 3 is 1.96 bits per heavy atom. The Morgan fingerprint density at radius 2 is 1.44 bits per heavy atom. The molecule has 10 nitrogen and oxygen atoms in total. The van der Waals surface area contributed by atoms with E-state index < -0.39 is 65.4 Å². The van der Waals surface area contributed by atoms with Gasteiger partial charge < -0.3 is 32.2 Å². The lowest BCUT2D eigenvalue weighted by Gasteiger charge is -2.37. The van der Waals surface area contributed by atoms with Crippen molar-refractivity contribution in [2.45, 2.75) is 98.8 Å². The second-order valence-corrected chi connectivity index (χ2v) is 14.7. The molecule has 2 aromatic rings. The Labute approximate surface area is 295 Å². The smallest absolute Gasteiger partial charge is 0.243 e. The van der Waals surface area contributed by atoms with E-state index in [1.807, 2.05) is 71.9 Å². The van der Waals surface area contributed by atoms with Gasteiger partial charge >= 0.3 is 0 Å². The molecule has 0 heterocycles. The Kier molecular flexibility index (Phi) is 16.8. The van der Waals surface area contributed by atoms with Crippen molar-refractivity contribution >= 4 is 23.6 Å². The molecule has 1 unspecified atom stereocenters. The van der Waals surface area contributed by atoms with E-state index in [4.69, 9.17) is 16.2 Å². The van der Waals surface area contributed by atoms with Crippen molar-refractivity contribution in [1.82, 2.24) is 16.0 Å². The fraction of sp³-hybridized carbons (Fsp3) is 0.579. The van der Waals surface area contributed by atoms with Crippen molar-refractivity contribution < 1.29 is 32.7 Å². The van der Waals surface area contributed by atoms with Gasteiger partial charge in [-0.25, -0.2) is 8.78 Å². The predicted molar refractivity (Wildman–Crippen MR) is 191 cm³/mol. The van der Waals surface area contributed by atoms with Crippen LogP contribution >= 0.6 is 0 Å². The number of nitrogens with two attached hydrogens (primary N) is 2. The zero-order valence-corrected chi connectivity index (χ0v) is 30.7. The molecule has 2 rings (SSSR count). The first-order valence-electron chi connectivity index (χ1n) is 17.5. The van der Waals surface area contributed by atoms with Gasteiger partial charge in [-0.3, -0.25) is 19.2 Å². The molecule has 0 radical (unpaired) electrons. The lowest BCUT2D eigenvalue weighted by atomic mass is 9.76. The SMILES string of the molecule is CC(C)CC(=O)N[C@@H](CC(C)C)C(=O)N[C@H](C(=O)N[C@@H](Cc1ccccc1)[C@@H](N)C(C(N)=O)[C@@H](COc1ccc(F)cc1F)C(C)C)C(C)C. The van der Waals surface area contributed by atoms with Crippen molar-refractivity contribution in [3.05, 3.63) is 65.7 Å². The highest BCUT2D eigenvalue weighted by Gasteiger charge is 2.40. The number of ether oxygens (including phenoxy) is 1. The maximum atomic E-state index is 14.4. The number of carbonyl (C=O) groups excluding carboxylic acids is 4. The zero-order valence-electron chi connectivity index (χ0n) is 30.7. The third-order valence-electron chi connectivity index (χ3n) is 8.68. The van der Waals surface area contributed by atoms with Gasteiger partial charge in [0.05, 0.1) is 12.5 Å². The van der Waals surface area contributed by atoms with Crippen LogP contribution in [0.3, 0.4) is 0 Å². The van der Waals surface area contributed by atoms with Crippen molar-refractivity contribution in [2.24, 2.45) is 47.0 Å². The molecule has 0 saturated carbocycles. The summed E-state index contributed by atoms with van der Waals surface area (Å²) >= 11 is 0. The van der Waals surface area contributed by atoms with E-state index in [9.17, 15) is 28.0 Å². The van der Waals surface area contributed by atoms with Crippen LogP contribution in [-0.4, -0.2) is 54.4 Å². The van der Waals surface area contributed by atoms with E-state index in [-0.39, 0.29) is 54.8 Å². The van der Waals surface area contributed by atoms with E-state index in [2.05, 4.69) is 16.0 Å². The number of hydrogen-bond acceptors (Lipinski definition) is 6. The Bertz CT molecular complexity index is 1410. The van der Waals surface area contributed by atoms with Gasteiger partial charge in [-0.05, 0) is 54.2 Å². The number of benzene rings is 2. The van der Waals surface area contributed by atoms with E-state index in [0.29, 0.717) is 12.5 Å². The normalized spacial score (nSPS) is 15.3. The number of hydrogen-bond donors (Lipinski definition) is 5. The zero-order chi connectivity index (χ0) is 37.7. The van der Waals surface area contributed by atoms with Crippen molar-refractivity contribution in [1.29, 1.82) is 0 Å². The predicted octanol–water partition coefficient (Wildman–Crippen LogP) is 4.49. The molecule has 0 saturated heterocycles. The molecule has 0 aliphatic rings. The van der Waals surface area contributed by atoms with Crippen LogP contribution < -0.4 is 32.2 Å². The highest BCUT2D eigenvalue weighted by Crippen LogP contribution is 2.28. The Hall–Kier alpha value is -4.06. The topological polar surface area (TPSA) is 166 Å². The lowest BCUT2D eigenvalue weighted by Crippen LogP contribution is -2.62. The van der Waals surface area contributed by atoms with Crippen LogP contribution in [0.25, 0.3) is 0 Å². The summed E-state index contributed by atoms with van der Waals surface area (Å²) in [6.07, 6.45) is 0.872. The molecule has 6 atom stereocenters. The minimum Gasteiger partial charge on any atom is -0.490 e. The second kappa shape index (κ2) is 20.0. The summed E-state index contributed by atoms with van der Waals surface area (Å²) in [5.74, 6) is -5.83. The molecule has 0 aliphatic carbocycles. The average Bonchev–Trinajstić information content (AvgIpc) is 3.00. The summed E-state index contributed by atoms with van der Waals surface area (Å²) < 4.78 is 33.6. The molecule has 2 aromatic carbocycles. The minimum atomic E-state index is -1.04. The van der Waals surface area contributed by atoms with Gasteiger partial charge in [0.1, 0.15) is 17.9 Å². The van der Waals surface area contributed by atoms with Crippen LogP contribution in [0, 0.1) is 47.1 Å². The largest absolute Gasteiger partial charge is 0.490 e. The number of rotatable bonds is 20. The maximum absolute atomic E-state index is 14.4. The average molecular weight is 702 g/mol. The van der Waals surface area contributed by atoms with Crippen LogP contribution in [0.4, 0.5) is 8.78 Å². The van der Waals surface area contributed by atoms with Crippen molar-refractivity contribution in [3.8, 4) is 5.75 Å². The van der Waals surface area contributed by atoms with Gasteiger partial charge in [-0.1, -0.05) is 85.7 Å². The van der Waals surface area contributed by atoms with Crippen LogP contribution in [0.2, 0.25) is 0 Å². The van der Waals surface area contributed by atoms with Gasteiger partial charge in [0.2, 0.25) is 23.6 Å². The number of nitrogens with one attached hydrogen (secondary N) is 3. The fourth-order valence-electron chi connectivity index (χ4n) is 5.97. The van der Waals surface area contributed by atoms with Gasteiger partial charge in [0.25, 0.3) is 0 Å². The molecule has 0 aromatic heterocycles. The van der Waals surface area contributed by atoms with Gasteiger partial charge in [0.15, 0.2) is 11.6 Å². The standard InChI is InChI=1S/C38H57F2N5O5/c1-21(2)16-30(43-32(46)17-22(3)4)37(48)45-35(24(7)8)38(49)44-29(18-25-12-10-9-11-13-25)34(41)33(36(42)47)27(23(5)6)20-50-31-15-14-26(39)19-28(31)40/h9-15,19,21-24,27,29-30,33-35H,16-18,20,41H2,1-8H3,(H2,42,47)(H,43,46)(H,44,49)(H,45,48)/t27-,29-,30-,33?,34+,35-/m0/s1. The molecule has 0 bridgehead atoms. The van der Waals surface area contributed by atoms with Crippen molar-refractivity contribution in [3.63, 3.8) is 0 Å². The van der Waals surface area contributed by atoms with Gasteiger partial charge in [-0.15, -0.1) is 0 Å². The highest BCUT2D eigenvalue weighted by molar-refractivity contribution is 5.92. The summed E-state index contributed by atoms with van der Waals surface area (Å²) in [5, 5.41) is 8.68. The van der Waals surface area contributed by atoms with Crippen LogP contribution in [0.15, 0.2) is 48.5 Å². The molecule has 278 valence electrons. The molecule has 50 heavy (non-hydrogen) atoms. The number of primary amides is 1. The van der Waals surface area contributed by atoms with Crippen LogP contribution in [0.5, 0.6) is 5.75 Å². The summed E-state index contributed by atoms with van der Waals surface area (Å²) in [6.45, 7) is 14.8. The molecule has 12 heteroatoms. The summed E-state index contributed by atoms with van der Waals surface area (Å²) in [5.41, 5.74) is 13.7. The van der Waals surface area contributed by atoms with E-state index >= 15 is 0 Å². The Morgan fingerprint density at radius 1 is 0.800 bits per heavy atom. The van der Waals surface area contributed by atoms with Crippen LogP contribution in [-0.2, 0) is 25.6 Å². The molecule has 7 N–H and O–H groups in total. The van der Waals surface area contributed by atoms with E-state index in [1.165, 1.54) is 6.07 Å². The van der Waals surface area contributed by atoms with E-state index in [1.54, 1.807) is 13.8 Å². The molecular weight excluding hydrogens is 644 g/mol. The molecule has 0 spiro atoms. The third-order valence-corrected chi connectivity index (χ3v) is 8.68. The monoisotopic (exact) mass is 701 g/mol. The lowest BCUT2D eigenvalue weighted by molar-refractivity contribution is -0.134. The first-order valence-corrected chi connectivity index (χ1v) is 17.5. The quantitative estimate of drug-likeness (QED) is 0.137. The van der Waals surface area contributed by atoms with Crippen LogP contribution in [0.1, 0.15) is 73.8 Å². The summed E-state index contributed by atoms with van der Waals surface area (Å²) in [4.78, 5) is 53.3. The number of carbonyl (C=O) groups is 4.